The van der Waals surface area contributed by atoms with Gasteiger partial charge in [0.15, 0.2) is 0 Å². The summed E-state index contributed by atoms with van der Waals surface area (Å²) in [6.45, 7) is 5.33. The molecule has 2 atom stereocenters. The molecule has 0 amide bonds. The first kappa shape index (κ1) is 19.0. The Balaban J connectivity index is 3.92. The Bertz CT molecular complexity index is 410. The lowest BCUT2D eigenvalue weighted by Gasteiger charge is -2.11. The van der Waals surface area contributed by atoms with Crippen LogP contribution in [0.4, 0.5) is 0 Å². The highest BCUT2D eigenvalue weighted by atomic mass is 16.5. The van der Waals surface area contributed by atoms with Crippen LogP contribution in [-0.4, -0.2) is 36.8 Å². The first-order valence-corrected chi connectivity index (χ1v) is 7.11. The lowest BCUT2D eigenvalue weighted by molar-refractivity contribution is -0.138. The molecule has 0 aromatic carbocycles. The van der Waals surface area contributed by atoms with Crippen LogP contribution in [0.2, 0.25) is 0 Å². The molecule has 0 fully saturated rings. The predicted octanol–water partition coefficient (Wildman–Crippen LogP) is 2.48. The number of hydrogen-bond acceptors (Lipinski definition) is 6. The standard InChI is InChI=1S/C15H22N2O4/c1-3-13(16-11-18)8-6-5-7-9-14(17-12-19)10-21-15(20)4-2/h4,13-14H,2-3,5-10H2,1H3. The van der Waals surface area contributed by atoms with Crippen molar-refractivity contribution in [2.45, 2.75) is 57.5 Å². The Labute approximate surface area is 125 Å². The van der Waals surface area contributed by atoms with E-state index in [-0.39, 0.29) is 18.7 Å². The minimum absolute atomic E-state index is 0.0415. The molecule has 0 aromatic rings. The zero-order chi connectivity index (χ0) is 15.9. The fraction of sp³-hybridized carbons (Fsp3) is 0.667. The number of ether oxygens (including phenoxy) is 1. The first-order valence-electron chi connectivity index (χ1n) is 7.11. The minimum atomic E-state index is -0.529. The lowest BCUT2D eigenvalue weighted by atomic mass is 10.0. The minimum Gasteiger partial charge on any atom is -0.460 e. The van der Waals surface area contributed by atoms with Crippen LogP contribution in [0.25, 0.3) is 0 Å². The number of hydrogen-bond donors (Lipinski definition) is 0. The predicted molar refractivity (Wildman–Crippen MR) is 78.4 cm³/mol. The molecule has 21 heavy (non-hydrogen) atoms. The molecule has 0 saturated carbocycles. The van der Waals surface area contributed by atoms with Crippen molar-refractivity contribution >= 4 is 18.1 Å². The average Bonchev–Trinajstić information content (AvgIpc) is 2.50. The third-order valence-electron chi connectivity index (χ3n) is 3.10. The van der Waals surface area contributed by atoms with Gasteiger partial charge < -0.3 is 4.74 Å². The average molecular weight is 294 g/mol. The van der Waals surface area contributed by atoms with Gasteiger partial charge in [0, 0.05) is 6.08 Å². The summed E-state index contributed by atoms with van der Waals surface area (Å²) in [6.07, 6.45) is 9.19. The number of isocyanates is 2. The number of unbranched alkanes of at least 4 members (excludes halogenated alkanes) is 2. The molecule has 0 aromatic heterocycles. The number of rotatable bonds is 12. The van der Waals surface area contributed by atoms with Crippen molar-refractivity contribution in [3.63, 3.8) is 0 Å². The Morgan fingerprint density at radius 3 is 2.24 bits per heavy atom. The molecule has 0 radical (unpaired) electrons. The van der Waals surface area contributed by atoms with Crippen LogP contribution in [0.3, 0.4) is 0 Å². The van der Waals surface area contributed by atoms with Gasteiger partial charge in [0.25, 0.3) is 0 Å². The van der Waals surface area contributed by atoms with Gasteiger partial charge in [-0.1, -0.05) is 32.8 Å². The third kappa shape index (κ3) is 10.4. The molecule has 0 bridgehead atoms. The molecular formula is C15H22N2O4. The molecule has 0 aliphatic rings. The third-order valence-corrected chi connectivity index (χ3v) is 3.10. The van der Waals surface area contributed by atoms with Crippen LogP contribution >= 0.6 is 0 Å². The number of esters is 1. The molecule has 0 heterocycles. The Morgan fingerprint density at radius 2 is 1.71 bits per heavy atom. The van der Waals surface area contributed by atoms with Gasteiger partial charge in [0.2, 0.25) is 12.2 Å². The number of carbonyl (C=O) groups excluding carboxylic acids is 3. The summed E-state index contributed by atoms with van der Waals surface area (Å²) in [5, 5.41) is 0. The van der Waals surface area contributed by atoms with Gasteiger partial charge in [0.1, 0.15) is 6.61 Å². The van der Waals surface area contributed by atoms with Gasteiger partial charge in [-0.2, -0.15) is 4.99 Å². The van der Waals surface area contributed by atoms with Gasteiger partial charge in [-0.25, -0.2) is 19.4 Å². The van der Waals surface area contributed by atoms with Crippen molar-refractivity contribution in [1.82, 2.24) is 0 Å². The molecule has 0 spiro atoms. The van der Waals surface area contributed by atoms with E-state index < -0.39 is 5.97 Å². The van der Waals surface area contributed by atoms with E-state index in [1.165, 1.54) is 6.08 Å². The summed E-state index contributed by atoms with van der Waals surface area (Å²) in [4.78, 5) is 38.8. The van der Waals surface area contributed by atoms with Crippen LogP contribution in [-0.2, 0) is 19.1 Å². The molecule has 2 unspecified atom stereocenters. The monoisotopic (exact) mass is 294 g/mol. The molecule has 0 rings (SSSR count). The van der Waals surface area contributed by atoms with E-state index in [4.69, 9.17) is 4.74 Å². The molecule has 0 aliphatic heterocycles. The van der Waals surface area contributed by atoms with Gasteiger partial charge in [0.05, 0.1) is 12.1 Å². The van der Waals surface area contributed by atoms with Crippen LogP contribution in [0.5, 0.6) is 0 Å². The number of aliphatic imine (C=N–C) groups is 2. The highest BCUT2D eigenvalue weighted by Crippen LogP contribution is 2.12. The fourth-order valence-electron chi connectivity index (χ4n) is 1.87. The smallest absolute Gasteiger partial charge is 0.330 e. The number of nitrogens with zero attached hydrogens (tertiary/aromatic N) is 2. The van der Waals surface area contributed by atoms with Crippen molar-refractivity contribution < 1.29 is 19.1 Å². The van der Waals surface area contributed by atoms with Crippen molar-refractivity contribution in [3.8, 4) is 0 Å². The second kappa shape index (κ2) is 13.0. The van der Waals surface area contributed by atoms with Crippen molar-refractivity contribution in [3.05, 3.63) is 12.7 Å². The maximum absolute atomic E-state index is 10.9. The van der Waals surface area contributed by atoms with Crippen LogP contribution in [0, 0.1) is 0 Å². The van der Waals surface area contributed by atoms with E-state index in [1.807, 2.05) is 6.92 Å². The highest BCUT2D eigenvalue weighted by molar-refractivity contribution is 5.81. The molecule has 0 N–H and O–H groups in total. The largest absolute Gasteiger partial charge is 0.460 e. The van der Waals surface area contributed by atoms with E-state index >= 15 is 0 Å². The summed E-state index contributed by atoms with van der Waals surface area (Å²) in [5.74, 6) is -0.529. The molecule has 0 saturated heterocycles. The summed E-state index contributed by atoms with van der Waals surface area (Å²) in [5.41, 5.74) is 0. The summed E-state index contributed by atoms with van der Waals surface area (Å²) in [6, 6.07) is -0.318. The van der Waals surface area contributed by atoms with Crippen LogP contribution in [0.1, 0.15) is 45.4 Å². The maximum Gasteiger partial charge on any atom is 0.330 e. The van der Waals surface area contributed by atoms with E-state index in [2.05, 4.69) is 16.6 Å². The number of carbonyl (C=O) groups is 1. The zero-order valence-corrected chi connectivity index (χ0v) is 12.4. The lowest BCUT2D eigenvalue weighted by Crippen LogP contribution is -2.16. The van der Waals surface area contributed by atoms with E-state index in [9.17, 15) is 14.4 Å². The van der Waals surface area contributed by atoms with Crippen molar-refractivity contribution in [2.75, 3.05) is 6.61 Å². The van der Waals surface area contributed by atoms with Gasteiger partial charge in [-0.3, -0.25) is 0 Å². The van der Waals surface area contributed by atoms with Crippen LogP contribution in [0.15, 0.2) is 22.6 Å². The quantitative estimate of drug-likeness (QED) is 0.182. The van der Waals surface area contributed by atoms with Gasteiger partial charge in [-0.05, 0) is 19.3 Å². The Morgan fingerprint density at radius 1 is 1.14 bits per heavy atom. The summed E-state index contributed by atoms with van der Waals surface area (Å²) in [7, 11) is 0. The Kier molecular flexibility index (Phi) is 11.7. The molecule has 6 heteroatoms. The Hall–Kier alpha value is -2.03. The van der Waals surface area contributed by atoms with Gasteiger partial charge >= 0.3 is 5.97 Å². The maximum atomic E-state index is 10.9. The van der Waals surface area contributed by atoms with Gasteiger partial charge in [-0.15, -0.1) is 0 Å². The van der Waals surface area contributed by atoms with Crippen LogP contribution < -0.4 is 0 Å². The zero-order valence-electron chi connectivity index (χ0n) is 12.4. The summed E-state index contributed by atoms with van der Waals surface area (Å²) >= 11 is 0. The van der Waals surface area contributed by atoms with Crippen molar-refractivity contribution in [2.24, 2.45) is 9.98 Å². The molecule has 0 aliphatic carbocycles. The van der Waals surface area contributed by atoms with E-state index in [1.54, 1.807) is 6.08 Å². The van der Waals surface area contributed by atoms with E-state index in [0.29, 0.717) is 6.42 Å². The highest BCUT2D eigenvalue weighted by Gasteiger charge is 2.10. The molecule has 116 valence electrons. The first-order chi connectivity index (χ1) is 10.2. The summed E-state index contributed by atoms with van der Waals surface area (Å²) < 4.78 is 4.86. The topological polar surface area (TPSA) is 85.2 Å². The fourth-order valence-corrected chi connectivity index (χ4v) is 1.87. The SMILES string of the molecule is C=CC(=O)OCC(CCCCCC(CC)N=C=O)N=C=O. The molecular weight excluding hydrogens is 272 g/mol. The van der Waals surface area contributed by atoms with E-state index in [0.717, 1.165) is 38.2 Å². The van der Waals surface area contributed by atoms with Crippen molar-refractivity contribution in [1.29, 1.82) is 0 Å². The second-order valence-corrected chi connectivity index (χ2v) is 4.63. The second-order valence-electron chi connectivity index (χ2n) is 4.63. The molecule has 6 nitrogen and oxygen atoms in total. The normalized spacial score (nSPS) is 12.4.